The molecule has 0 aromatic rings. The molecule has 0 bridgehead atoms. The zero-order valence-corrected chi connectivity index (χ0v) is 21.4. The van der Waals surface area contributed by atoms with Crippen molar-refractivity contribution in [1.29, 1.82) is 0 Å². The first-order valence-corrected chi connectivity index (χ1v) is 11.8. The SMILES string of the molecule is CC(F)(F)CC(F)(F)CCI.CCC(F)(F)CCCOCC(F)(F)OC(F)(F)COCOCCO. The van der Waals surface area contributed by atoms with Gasteiger partial charge in [-0.15, -0.1) is 0 Å². The highest BCUT2D eigenvalue weighted by atomic mass is 127. The van der Waals surface area contributed by atoms with Gasteiger partial charge in [-0.3, -0.25) is 4.74 Å². The summed E-state index contributed by atoms with van der Waals surface area (Å²) < 4.78 is 144. The zero-order chi connectivity index (χ0) is 27.8. The average molecular weight is 656 g/mol. The maximum Gasteiger partial charge on any atom is 0.383 e. The lowest BCUT2D eigenvalue weighted by Gasteiger charge is -2.23. The van der Waals surface area contributed by atoms with E-state index >= 15 is 0 Å². The lowest BCUT2D eigenvalue weighted by molar-refractivity contribution is -0.395. The Hall–Kier alpha value is -0.170. The largest absolute Gasteiger partial charge is 0.394 e. The first-order valence-electron chi connectivity index (χ1n) is 10.3. The van der Waals surface area contributed by atoms with E-state index in [2.05, 4.69) is 18.9 Å². The van der Waals surface area contributed by atoms with Gasteiger partial charge in [0.15, 0.2) is 0 Å². The summed E-state index contributed by atoms with van der Waals surface area (Å²) in [6.07, 6.45) is -11.6. The molecule has 0 aliphatic heterocycles. The molecule has 0 aliphatic rings. The van der Waals surface area contributed by atoms with Crippen molar-refractivity contribution in [1.82, 2.24) is 0 Å². The van der Waals surface area contributed by atoms with Crippen LogP contribution < -0.4 is 0 Å². The molecule has 0 fully saturated rings. The Bertz CT molecular complexity index is 537. The van der Waals surface area contributed by atoms with Crippen molar-refractivity contribution in [3.8, 4) is 0 Å². The first kappa shape index (κ1) is 37.0. The molecule has 0 aromatic heterocycles. The van der Waals surface area contributed by atoms with Crippen LogP contribution in [-0.2, 0) is 18.9 Å². The molecule has 0 heterocycles. The summed E-state index contributed by atoms with van der Waals surface area (Å²) in [4.78, 5) is 0. The van der Waals surface area contributed by atoms with Gasteiger partial charge in [0.1, 0.15) is 20.0 Å². The fourth-order valence-corrected chi connectivity index (χ4v) is 2.89. The number of aliphatic hydroxyl groups is 1. The molecule has 16 heteroatoms. The highest BCUT2D eigenvalue weighted by Crippen LogP contribution is 2.33. The van der Waals surface area contributed by atoms with Crippen molar-refractivity contribution in [2.75, 3.05) is 44.3 Å². The molecule has 214 valence electrons. The number of halogens is 11. The van der Waals surface area contributed by atoms with Gasteiger partial charge in [-0.05, 0) is 13.3 Å². The van der Waals surface area contributed by atoms with Gasteiger partial charge in [0, 0.05) is 30.3 Å². The average Bonchev–Trinajstić information content (AvgIpc) is 2.65. The molecule has 0 radical (unpaired) electrons. The summed E-state index contributed by atoms with van der Waals surface area (Å²) in [5.41, 5.74) is 0. The molecule has 0 rings (SSSR count). The molecule has 0 aromatic carbocycles. The summed E-state index contributed by atoms with van der Waals surface area (Å²) in [5.74, 6) is -9.40. The van der Waals surface area contributed by atoms with E-state index in [4.69, 9.17) is 5.11 Å². The number of hydrogen-bond donors (Lipinski definition) is 1. The van der Waals surface area contributed by atoms with Gasteiger partial charge in [0.05, 0.1) is 19.6 Å². The molecule has 5 nitrogen and oxygen atoms in total. The second-order valence-corrected chi connectivity index (χ2v) is 8.46. The predicted molar refractivity (Wildman–Crippen MR) is 114 cm³/mol. The summed E-state index contributed by atoms with van der Waals surface area (Å²) >= 11 is 1.74. The Kier molecular flexibility index (Phi) is 18.3. The number of alkyl halides is 11. The molecule has 0 amide bonds. The summed E-state index contributed by atoms with van der Waals surface area (Å²) in [7, 11) is 0. The Morgan fingerprint density at radius 2 is 1.29 bits per heavy atom. The molecular weight excluding hydrogens is 625 g/mol. The minimum atomic E-state index is -4.31. The summed E-state index contributed by atoms with van der Waals surface area (Å²) in [5, 5.41) is 8.35. The fraction of sp³-hybridized carbons (Fsp3) is 1.00. The van der Waals surface area contributed by atoms with Crippen LogP contribution in [0.25, 0.3) is 0 Å². The van der Waals surface area contributed by atoms with Crippen LogP contribution in [0.3, 0.4) is 0 Å². The summed E-state index contributed by atoms with van der Waals surface area (Å²) in [6.45, 7) is -2.78. The van der Waals surface area contributed by atoms with Gasteiger partial charge in [0.25, 0.3) is 11.8 Å². The van der Waals surface area contributed by atoms with Crippen molar-refractivity contribution in [3.63, 3.8) is 0 Å². The van der Waals surface area contributed by atoms with Gasteiger partial charge in [-0.25, -0.2) is 26.3 Å². The monoisotopic (exact) mass is 656 g/mol. The quantitative estimate of drug-likeness (QED) is 0.0566. The molecule has 35 heavy (non-hydrogen) atoms. The zero-order valence-electron chi connectivity index (χ0n) is 19.2. The third kappa shape index (κ3) is 25.3. The van der Waals surface area contributed by atoms with Crippen LogP contribution in [0.2, 0.25) is 0 Å². The van der Waals surface area contributed by atoms with E-state index in [1.807, 2.05) is 0 Å². The minimum Gasteiger partial charge on any atom is -0.394 e. The second kappa shape index (κ2) is 17.4. The molecule has 0 saturated carbocycles. The van der Waals surface area contributed by atoms with Crippen LogP contribution in [-0.4, -0.2) is 79.3 Å². The number of rotatable bonds is 19. The molecule has 1 N–H and O–H groups in total. The molecule has 0 spiro atoms. The topological polar surface area (TPSA) is 57.2 Å². The van der Waals surface area contributed by atoms with Crippen molar-refractivity contribution < 1.29 is 68.0 Å². The first-order chi connectivity index (χ1) is 15.8. The highest BCUT2D eigenvalue weighted by Gasteiger charge is 2.44. The van der Waals surface area contributed by atoms with Gasteiger partial charge in [-0.1, -0.05) is 29.5 Å². The third-order valence-corrected chi connectivity index (χ3v) is 4.16. The van der Waals surface area contributed by atoms with E-state index < -0.39 is 75.9 Å². The third-order valence-electron chi connectivity index (χ3n) is 3.62. The van der Waals surface area contributed by atoms with E-state index in [9.17, 15) is 43.9 Å². The minimum absolute atomic E-state index is 0.159. The van der Waals surface area contributed by atoms with Crippen LogP contribution >= 0.6 is 22.6 Å². The van der Waals surface area contributed by atoms with Crippen LogP contribution in [0, 0.1) is 0 Å². The maximum atomic E-state index is 13.2. The van der Waals surface area contributed by atoms with Crippen molar-refractivity contribution >= 4 is 22.6 Å². The van der Waals surface area contributed by atoms with Gasteiger partial charge >= 0.3 is 12.2 Å². The van der Waals surface area contributed by atoms with Crippen molar-refractivity contribution in [2.24, 2.45) is 0 Å². The van der Waals surface area contributed by atoms with E-state index in [0.29, 0.717) is 6.92 Å². The van der Waals surface area contributed by atoms with Crippen LogP contribution in [0.15, 0.2) is 0 Å². The van der Waals surface area contributed by atoms with Crippen molar-refractivity contribution in [3.05, 3.63) is 0 Å². The van der Waals surface area contributed by atoms with Gasteiger partial charge in [0.2, 0.25) is 5.92 Å². The van der Waals surface area contributed by atoms with Crippen LogP contribution in [0.1, 0.15) is 46.0 Å². The second-order valence-electron chi connectivity index (χ2n) is 7.38. The van der Waals surface area contributed by atoms with Crippen LogP contribution in [0.5, 0.6) is 0 Å². The Morgan fingerprint density at radius 3 is 1.74 bits per heavy atom. The lowest BCUT2D eigenvalue weighted by atomic mass is 10.1. The Morgan fingerprint density at radius 1 is 0.743 bits per heavy atom. The lowest BCUT2D eigenvalue weighted by Crippen LogP contribution is -2.39. The van der Waals surface area contributed by atoms with E-state index in [0.717, 1.165) is 0 Å². The van der Waals surface area contributed by atoms with Crippen LogP contribution in [0.4, 0.5) is 43.9 Å². The fourth-order valence-electron chi connectivity index (χ4n) is 2.10. The smallest absolute Gasteiger partial charge is 0.383 e. The molecule has 0 saturated heterocycles. The normalized spacial score (nSPS) is 13.5. The van der Waals surface area contributed by atoms with Crippen molar-refractivity contribution in [2.45, 2.75) is 75.9 Å². The molecular formula is C19H31F10IO5. The number of aliphatic hydroxyl groups excluding tert-OH is 1. The molecule has 0 unspecified atom stereocenters. The maximum absolute atomic E-state index is 13.2. The molecule has 0 atom stereocenters. The summed E-state index contributed by atoms with van der Waals surface area (Å²) in [6, 6.07) is 0. The van der Waals surface area contributed by atoms with Gasteiger partial charge < -0.3 is 19.3 Å². The Balaban J connectivity index is 0. The number of ether oxygens (including phenoxy) is 4. The van der Waals surface area contributed by atoms with Gasteiger partial charge in [-0.2, -0.15) is 17.6 Å². The number of hydrogen-bond acceptors (Lipinski definition) is 5. The predicted octanol–water partition coefficient (Wildman–Crippen LogP) is 6.51. The van der Waals surface area contributed by atoms with E-state index in [1.54, 1.807) is 22.6 Å². The Labute approximate surface area is 210 Å². The highest BCUT2D eigenvalue weighted by molar-refractivity contribution is 14.1. The standard InChI is InChI=1S/C13H22F6O5.C6H9F4I/c1-2-11(14,15)4-3-6-21-8-12(16,17)24-13(18,19)9-23-10-22-7-5-20;1-5(7,8)4-6(9,10)2-3-11/h20H,2-10H2,1H3;2-4H2,1H3. The van der Waals surface area contributed by atoms with E-state index in [1.165, 1.54) is 6.92 Å². The van der Waals surface area contributed by atoms with E-state index in [-0.39, 0.29) is 30.5 Å². The molecule has 0 aliphatic carbocycles.